The van der Waals surface area contributed by atoms with Gasteiger partial charge in [-0.3, -0.25) is 4.79 Å². The molecule has 0 bridgehead atoms. The van der Waals surface area contributed by atoms with Gasteiger partial charge in [0.2, 0.25) is 5.91 Å². The van der Waals surface area contributed by atoms with Gasteiger partial charge in [-0.2, -0.15) is 0 Å². The number of para-hydroxylation sites is 1. The van der Waals surface area contributed by atoms with E-state index >= 15 is 0 Å². The molecular formula is C18H26N2O2. The highest BCUT2D eigenvalue weighted by atomic mass is 16.5. The average molecular weight is 302 g/mol. The molecule has 1 amide bonds. The van der Waals surface area contributed by atoms with E-state index < -0.39 is 0 Å². The number of carbonyl (C=O) groups excluding carboxylic acids is 1. The fourth-order valence-electron chi connectivity index (χ4n) is 3.98. The van der Waals surface area contributed by atoms with E-state index in [1.807, 2.05) is 18.2 Å². The Morgan fingerprint density at radius 1 is 1.23 bits per heavy atom. The summed E-state index contributed by atoms with van der Waals surface area (Å²) in [4.78, 5) is 15.0. The lowest BCUT2D eigenvalue weighted by Gasteiger charge is -2.33. The molecule has 0 spiro atoms. The monoisotopic (exact) mass is 302 g/mol. The van der Waals surface area contributed by atoms with Gasteiger partial charge in [0.25, 0.3) is 0 Å². The van der Waals surface area contributed by atoms with Gasteiger partial charge in [-0.05, 0) is 38.2 Å². The van der Waals surface area contributed by atoms with Gasteiger partial charge in [0.05, 0.1) is 13.2 Å². The summed E-state index contributed by atoms with van der Waals surface area (Å²) in [6, 6.07) is 8.41. The van der Waals surface area contributed by atoms with Crippen molar-refractivity contribution in [3.8, 4) is 5.75 Å². The zero-order chi connectivity index (χ0) is 15.5. The van der Waals surface area contributed by atoms with E-state index in [1.54, 1.807) is 7.11 Å². The van der Waals surface area contributed by atoms with Crippen molar-refractivity contribution in [2.75, 3.05) is 13.7 Å². The van der Waals surface area contributed by atoms with Crippen LogP contribution in [0.3, 0.4) is 0 Å². The average Bonchev–Trinajstić information content (AvgIpc) is 3.03. The van der Waals surface area contributed by atoms with Crippen LogP contribution in [0.1, 0.15) is 50.1 Å². The number of methoxy groups -OCH3 is 1. The van der Waals surface area contributed by atoms with Crippen LogP contribution < -0.4 is 10.5 Å². The number of amides is 1. The maximum Gasteiger partial charge on any atom is 0.226 e. The third-order valence-corrected chi connectivity index (χ3v) is 5.10. The highest BCUT2D eigenvalue weighted by Gasteiger charge is 2.36. The fraction of sp³-hybridized carbons (Fsp3) is 0.611. The molecule has 2 fully saturated rings. The van der Waals surface area contributed by atoms with E-state index in [1.165, 1.54) is 0 Å². The van der Waals surface area contributed by atoms with Crippen LogP contribution in [-0.4, -0.2) is 30.5 Å². The van der Waals surface area contributed by atoms with E-state index in [0.717, 1.165) is 56.4 Å². The number of ether oxygens (including phenoxy) is 1. The molecule has 4 nitrogen and oxygen atoms in total. The first kappa shape index (κ1) is 15.3. The van der Waals surface area contributed by atoms with E-state index in [4.69, 9.17) is 10.5 Å². The topological polar surface area (TPSA) is 55.6 Å². The van der Waals surface area contributed by atoms with Gasteiger partial charge in [0, 0.05) is 24.1 Å². The molecule has 0 unspecified atom stereocenters. The Bertz CT molecular complexity index is 532. The number of benzene rings is 1. The van der Waals surface area contributed by atoms with Crippen molar-refractivity contribution in [3.63, 3.8) is 0 Å². The molecule has 1 aliphatic heterocycles. The molecule has 1 aromatic carbocycles. The summed E-state index contributed by atoms with van der Waals surface area (Å²) in [5.74, 6) is 1.29. The lowest BCUT2D eigenvalue weighted by molar-refractivity contribution is -0.137. The number of hydrogen-bond acceptors (Lipinski definition) is 3. The van der Waals surface area contributed by atoms with Crippen molar-refractivity contribution < 1.29 is 9.53 Å². The summed E-state index contributed by atoms with van der Waals surface area (Å²) in [5, 5.41) is 0. The maximum absolute atomic E-state index is 13.0. The van der Waals surface area contributed by atoms with Crippen LogP contribution in [0.4, 0.5) is 0 Å². The SMILES string of the molecule is COc1ccccc1[C@@H]1CCCN1C(=O)[C@@H]1CCC[C@@H](N)C1. The number of carbonyl (C=O) groups is 1. The van der Waals surface area contributed by atoms with Crippen LogP contribution in [0, 0.1) is 5.92 Å². The maximum atomic E-state index is 13.0. The van der Waals surface area contributed by atoms with Crippen molar-refractivity contribution in [2.45, 2.75) is 50.6 Å². The standard InChI is InChI=1S/C18H26N2O2/c1-22-17-10-3-2-8-15(17)16-9-5-11-20(16)18(21)13-6-4-7-14(19)12-13/h2-3,8,10,13-14,16H,4-7,9,11-12,19H2,1H3/t13-,14-,16+/m1/s1. The predicted molar refractivity (Wildman–Crippen MR) is 86.6 cm³/mol. The molecule has 0 radical (unpaired) electrons. The van der Waals surface area contributed by atoms with Crippen LogP contribution in [-0.2, 0) is 4.79 Å². The molecule has 3 rings (SSSR count). The molecule has 22 heavy (non-hydrogen) atoms. The lowest BCUT2D eigenvalue weighted by atomic mass is 9.85. The van der Waals surface area contributed by atoms with Crippen molar-refractivity contribution in [3.05, 3.63) is 29.8 Å². The minimum absolute atomic E-state index is 0.110. The Morgan fingerprint density at radius 2 is 2.05 bits per heavy atom. The molecule has 1 heterocycles. The normalized spacial score (nSPS) is 28.6. The summed E-state index contributed by atoms with van der Waals surface area (Å²) in [7, 11) is 1.69. The second kappa shape index (κ2) is 6.69. The summed E-state index contributed by atoms with van der Waals surface area (Å²) < 4.78 is 5.49. The van der Waals surface area contributed by atoms with Crippen molar-refractivity contribution in [1.82, 2.24) is 4.90 Å². The number of nitrogens with zero attached hydrogens (tertiary/aromatic N) is 1. The van der Waals surface area contributed by atoms with E-state index in [9.17, 15) is 4.79 Å². The second-order valence-corrected chi connectivity index (χ2v) is 6.56. The lowest BCUT2D eigenvalue weighted by Crippen LogP contribution is -2.40. The predicted octanol–water partition coefficient (Wildman–Crippen LogP) is 2.88. The molecule has 4 heteroatoms. The summed E-state index contributed by atoms with van der Waals surface area (Å²) in [5.41, 5.74) is 7.20. The van der Waals surface area contributed by atoms with Gasteiger partial charge in [-0.15, -0.1) is 0 Å². The van der Waals surface area contributed by atoms with E-state index in [2.05, 4.69) is 11.0 Å². The second-order valence-electron chi connectivity index (χ2n) is 6.56. The Balaban J connectivity index is 1.79. The van der Waals surface area contributed by atoms with Crippen molar-refractivity contribution >= 4 is 5.91 Å². The van der Waals surface area contributed by atoms with Crippen molar-refractivity contribution in [2.24, 2.45) is 11.7 Å². The van der Waals surface area contributed by atoms with Crippen LogP contribution in [0.5, 0.6) is 5.75 Å². The van der Waals surface area contributed by atoms with Crippen LogP contribution in [0.15, 0.2) is 24.3 Å². The quantitative estimate of drug-likeness (QED) is 0.934. The van der Waals surface area contributed by atoms with Gasteiger partial charge >= 0.3 is 0 Å². The van der Waals surface area contributed by atoms with Crippen LogP contribution >= 0.6 is 0 Å². The Labute approximate surface area is 132 Å². The molecule has 1 saturated heterocycles. The third-order valence-electron chi connectivity index (χ3n) is 5.10. The van der Waals surface area contributed by atoms with Crippen LogP contribution in [0.2, 0.25) is 0 Å². The third kappa shape index (κ3) is 2.98. The zero-order valence-corrected chi connectivity index (χ0v) is 13.3. The molecule has 3 atom stereocenters. The van der Waals surface area contributed by atoms with Gasteiger partial charge < -0.3 is 15.4 Å². The van der Waals surface area contributed by atoms with Gasteiger partial charge in [0.1, 0.15) is 5.75 Å². The largest absolute Gasteiger partial charge is 0.496 e. The molecule has 2 aliphatic rings. The highest BCUT2D eigenvalue weighted by Crippen LogP contribution is 2.39. The Hall–Kier alpha value is -1.55. The molecule has 0 aromatic heterocycles. The van der Waals surface area contributed by atoms with E-state index in [0.29, 0.717) is 5.91 Å². The first-order valence-electron chi connectivity index (χ1n) is 8.39. The summed E-state index contributed by atoms with van der Waals surface area (Å²) in [6.07, 6.45) is 6.04. The smallest absolute Gasteiger partial charge is 0.226 e. The molecule has 2 N–H and O–H groups in total. The molecule has 1 aromatic rings. The van der Waals surface area contributed by atoms with Gasteiger partial charge in [0.15, 0.2) is 0 Å². The molecular weight excluding hydrogens is 276 g/mol. The summed E-state index contributed by atoms with van der Waals surface area (Å²) in [6.45, 7) is 0.854. The van der Waals surface area contributed by atoms with Gasteiger partial charge in [-0.1, -0.05) is 24.6 Å². The Morgan fingerprint density at radius 3 is 2.82 bits per heavy atom. The first-order chi connectivity index (χ1) is 10.7. The highest BCUT2D eigenvalue weighted by molar-refractivity contribution is 5.80. The minimum Gasteiger partial charge on any atom is -0.496 e. The number of hydrogen-bond donors (Lipinski definition) is 1. The number of rotatable bonds is 3. The van der Waals surface area contributed by atoms with E-state index in [-0.39, 0.29) is 18.0 Å². The first-order valence-corrected chi connectivity index (χ1v) is 8.39. The summed E-state index contributed by atoms with van der Waals surface area (Å²) >= 11 is 0. The van der Waals surface area contributed by atoms with Crippen LogP contribution in [0.25, 0.3) is 0 Å². The van der Waals surface area contributed by atoms with Gasteiger partial charge in [-0.25, -0.2) is 0 Å². The van der Waals surface area contributed by atoms with Crippen molar-refractivity contribution in [1.29, 1.82) is 0 Å². The number of nitrogens with two attached hydrogens (primary N) is 1. The minimum atomic E-state index is 0.110. The Kier molecular flexibility index (Phi) is 4.67. The molecule has 120 valence electrons. The molecule has 1 saturated carbocycles. The number of likely N-dealkylation sites (tertiary alicyclic amines) is 1. The zero-order valence-electron chi connectivity index (χ0n) is 13.3. The molecule has 1 aliphatic carbocycles. The fourth-order valence-corrected chi connectivity index (χ4v) is 3.98.